The van der Waals surface area contributed by atoms with Gasteiger partial charge in [-0.25, -0.2) is 0 Å². The molecule has 0 saturated heterocycles. The largest absolute Gasteiger partial charge is 0.469 e. The van der Waals surface area contributed by atoms with Crippen molar-refractivity contribution in [3.05, 3.63) is 23.7 Å². The minimum atomic E-state index is 0.252. The van der Waals surface area contributed by atoms with E-state index in [2.05, 4.69) is 0 Å². The van der Waals surface area contributed by atoms with Crippen LogP contribution < -0.4 is 0 Å². The van der Waals surface area contributed by atoms with E-state index in [0.29, 0.717) is 6.42 Å². The lowest BCUT2D eigenvalue weighted by Gasteiger charge is -1.99. The van der Waals surface area contributed by atoms with Crippen molar-refractivity contribution in [2.75, 3.05) is 0 Å². The minimum Gasteiger partial charge on any atom is -0.469 e. The van der Waals surface area contributed by atoms with Gasteiger partial charge in [-0.3, -0.25) is 4.79 Å². The van der Waals surface area contributed by atoms with E-state index >= 15 is 0 Å². The van der Waals surface area contributed by atoms with Gasteiger partial charge in [-0.2, -0.15) is 0 Å². The van der Waals surface area contributed by atoms with E-state index in [4.69, 9.17) is 4.42 Å². The monoisotopic (exact) mass is 192 g/mol. The molecule has 14 heavy (non-hydrogen) atoms. The summed E-state index contributed by atoms with van der Waals surface area (Å²) in [6.07, 6.45) is 6.81. The zero-order valence-corrected chi connectivity index (χ0v) is 8.58. The summed E-state index contributed by atoms with van der Waals surface area (Å²) in [4.78, 5) is 11.8. The zero-order valence-electron chi connectivity index (χ0n) is 8.58. The third kappa shape index (κ3) is 2.06. The van der Waals surface area contributed by atoms with E-state index in [9.17, 15) is 4.79 Å². The number of ketones is 1. The molecule has 0 unspecified atom stereocenters. The van der Waals surface area contributed by atoms with Crippen molar-refractivity contribution in [1.82, 2.24) is 0 Å². The number of aryl methyl sites for hydroxylation is 1. The average Bonchev–Trinajstić information content (AvgIpc) is 2.90. The highest BCUT2D eigenvalue weighted by Crippen LogP contribution is 2.34. The predicted molar refractivity (Wildman–Crippen MR) is 54.4 cm³/mol. The lowest BCUT2D eigenvalue weighted by molar-refractivity contribution is 0.0976. The van der Waals surface area contributed by atoms with Crippen molar-refractivity contribution in [2.24, 2.45) is 5.92 Å². The number of furan rings is 1. The molecule has 0 N–H and O–H groups in total. The van der Waals surface area contributed by atoms with Crippen LogP contribution in [-0.4, -0.2) is 5.78 Å². The Kier molecular flexibility index (Phi) is 2.71. The van der Waals surface area contributed by atoms with Crippen LogP contribution in [0.25, 0.3) is 0 Å². The average molecular weight is 192 g/mol. The molecule has 76 valence electrons. The molecule has 2 rings (SSSR count). The molecule has 0 atom stereocenters. The van der Waals surface area contributed by atoms with Gasteiger partial charge < -0.3 is 4.42 Å². The standard InChI is InChI=1S/C12H16O2/c1-2-12-10(7-8-14-12)11(13)6-5-9-3-4-9/h7-9H,2-6H2,1H3. The van der Waals surface area contributed by atoms with Gasteiger partial charge >= 0.3 is 0 Å². The van der Waals surface area contributed by atoms with Crippen LogP contribution in [0.15, 0.2) is 16.7 Å². The Bertz CT molecular complexity index is 321. The summed E-state index contributed by atoms with van der Waals surface area (Å²) in [5.74, 6) is 1.92. The number of carbonyl (C=O) groups excluding carboxylic acids is 1. The van der Waals surface area contributed by atoms with Crippen LogP contribution in [0.4, 0.5) is 0 Å². The topological polar surface area (TPSA) is 30.2 Å². The number of rotatable bonds is 5. The Balaban J connectivity index is 1.94. The van der Waals surface area contributed by atoms with Gasteiger partial charge in [0.1, 0.15) is 5.76 Å². The van der Waals surface area contributed by atoms with E-state index < -0.39 is 0 Å². The molecule has 2 heteroatoms. The third-order valence-corrected chi connectivity index (χ3v) is 2.84. The maximum Gasteiger partial charge on any atom is 0.166 e. The number of carbonyl (C=O) groups is 1. The highest BCUT2D eigenvalue weighted by atomic mass is 16.3. The van der Waals surface area contributed by atoms with Crippen molar-refractivity contribution in [1.29, 1.82) is 0 Å². The summed E-state index contributed by atoms with van der Waals surface area (Å²) >= 11 is 0. The van der Waals surface area contributed by atoms with E-state index in [1.54, 1.807) is 12.3 Å². The molecular formula is C12H16O2. The van der Waals surface area contributed by atoms with Gasteiger partial charge in [0.15, 0.2) is 5.78 Å². The molecule has 1 saturated carbocycles. The fraction of sp³-hybridized carbons (Fsp3) is 0.583. The van der Waals surface area contributed by atoms with Gasteiger partial charge in [-0.1, -0.05) is 19.8 Å². The lowest BCUT2D eigenvalue weighted by atomic mass is 10.0. The molecule has 2 nitrogen and oxygen atoms in total. The first-order chi connectivity index (χ1) is 6.81. The summed E-state index contributed by atoms with van der Waals surface area (Å²) in [6.45, 7) is 2.01. The summed E-state index contributed by atoms with van der Waals surface area (Å²) < 4.78 is 5.24. The first-order valence-electron chi connectivity index (χ1n) is 5.40. The molecule has 0 bridgehead atoms. The molecule has 1 aromatic heterocycles. The fourth-order valence-electron chi connectivity index (χ4n) is 1.74. The van der Waals surface area contributed by atoms with Gasteiger partial charge in [-0.15, -0.1) is 0 Å². The lowest BCUT2D eigenvalue weighted by Crippen LogP contribution is -2.00. The van der Waals surface area contributed by atoms with Crippen LogP contribution in [-0.2, 0) is 6.42 Å². The van der Waals surface area contributed by atoms with E-state index in [1.165, 1.54) is 12.8 Å². The molecule has 1 fully saturated rings. The molecule has 0 aromatic carbocycles. The van der Waals surface area contributed by atoms with Crippen LogP contribution >= 0.6 is 0 Å². The summed E-state index contributed by atoms with van der Waals surface area (Å²) in [7, 11) is 0. The SMILES string of the molecule is CCc1occc1C(=O)CCC1CC1. The second kappa shape index (κ2) is 3.99. The van der Waals surface area contributed by atoms with Gasteiger partial charge in [-0.05, 0) is 18.4 Å². The molecule has 0 radical (unpaired) electrons. The molecule has 0 aliphatic heterocycles. The van der Waals surface area contributed by atoms with Crippen molar-refractivity contribution in [3.8, 4) is 0 Å². The maximum atomic E-state index is 11.8. The first-order valence-corrected chi connectivity index (χ1v) is 5.40. The molecule has 1 heterocycles. The Morgan fingerprint density at radius 2 is 2.36 bits per heavy atom. The smallest absolute Gasteiger partial charge is 0.166 e. The van der Waals surface area contributed by atoms with E-state index in [1.807, 2.05) is 6.92 Å². The number of Topliss-reactive ketones (excluding diaryl/α,β-unsaturated/α-hetero) is 1. The van der Waals surface area contributed by atoms with Crippen LogP contribution in [0.5, 0.6) is 0 Å². The van der Waals surface area contributed by atoms with Crippen LogP contribution in [0, 0.1) is 5.92 Å². The normalized spacial score (nSPS) is 15.8. The first kappa shape index (κ1) is 9.50. The molecule has 1 aromatic rings. The van der Waals surface area contributed by atoms with Crippen molar-refractivity contribution in [3.63, 3.8) is 0 Å². The summed E-state index contributed by atoms with van der Waals surface area (Å²) in [6, 6.07) is 1.80. The van der Waals surface area contributed by atoms with Gasteiger partial charge in [0, 0.05) is 12.8 Å². The van der Waals surface area contributed by atoms with Crippen LogP contribution in [0.2, 0.25) is 0 Å². The second-order valence-corrected chi connectivity index (χ2v) is 4.02. The molecular weight excluding hydrogens is 176 g/mol. The van der Waals surface area contributed by atoms with Crippen molar-refractivity contribution < 1.29 is 9.21 Å². The second-order valence-electron chi connectivity index (χ2n) is 4.02. The summed E-state index contributed by atoms with van der Waals surface area (Å²) in [5.41, 5.74) is 0.799. The van der Waals surface area contributed by atoms with Crippen molar-refractivity contribution in [2.45, 2.75) is 39.0 Å². The van der Waals surface area contributed by atoms with Gasteiger partial charge in [0.05, 0.1) is 11.8 Å². The Morgan fingerprint density at radius 1 is 1.57 bits per heavy atom. The van der Waals surface area contributed by atoms with E-state index in [-0.39, 0.29) is 5.78 Å². The molecule has 0 spiro atoms. The van der Waals surface area contributed by atoms with Crippen LogP contribution in [0.3, 0.4) is 0 Å². The number of hydrogen-bond acceptors (Lipinski definition) is 2. The number of hydrogen-bond donors (Lipinski definition) is 0. The van der Waals surface area contributed by atoms with E-state index in [0.717, 1.165) is 30.1 Å². The van der Waals surface area contributed by atoms with Gasteiger partial charge in [0.2, 0.25) is 0 Å². The Morgan fingerprint density at radius 3 is 3.00 bits per heavy atom. The van der Waals surface area contributed by atoms with Crippen LogP contribution in [0.1, 0.15) is 48.7 Å². The van der Waals surface area contributed by atoms with Crippen molar-refractivity contribution >= 4 is 5.78 Å². The maximum absolute atomic E-state index is 11.8. The Labute approximate surface area is 84.3 Å². The minimum absolute atomic E-state index is 0.252. The summed E-state index contributed by atoms with van der Waals surface area (Å²) in [5, 5.41) is 0. The highest BCUT2D eigenvalue weighted by Gasteiger charge is 2.23. The molecule has 0 amide bonds. The fourth-order valence-corrected chi connectivity index (χ4v) is 1.74. The molecule has 1 aliphatic carbocycles. The zero-order chi connectivity index (χ0) is 9.97. The third-order valence-electron chi connectivity index (χ3n) is 2.84. The van der Waals surface area contributed by atoms with Gasteiger partial charge in [0.25, 0.3) is 0 Å². The highest BCUT2D eigenvalue weighted by molar-refractivity contribution is 5.96. The Hall–Kier alpha value is -1.05. The quantitative estimate of drug-likeness (QED) is 0.670. The molecule has 1 aliphatic rings. The predicted octanol–water partition coefficient (Wildman–Crippen LogP) is 3.21.